The standard InChI is InChI=1S/C15H11BrN2O3S.C7H8O2S/c16-12-3-6-14-11(9-12)7-8-18(14)22(20,21)13-4-1-10(2-5-13)15(17)19;1-2-9-7(8)6-4-3-5-10-6/h1-9H,(H2,17,19);3-5H,2H2,1H3. The third kappa shape index (κ3) is 5.26. The van der Waals surface area contributed by atoms with Gasteiger partial charge in [-0.15, -0.1) is 11.3 Å². The molecule has 0 aliphatic rings. The highest BCUT2D eigenvalue weighted by atomic mass is 79.9. The van der Waals surface area contributed by atoms with Crippen molar-refractivity contribution in [2.75, 3.05) is 6.61 Å². The molecule has 0 spiro atoms. The minimum atomic E-state index is -3.73. The molecule has 1 amide bonds. The lowest BCUT2D eigenvalue weighted by Gasteiger charge is -2.08. The van der Waals surface area contributed by atoms with Crippen molar-refractivity contribution in [2.45, 2.75) is 11.8 Å². The molecule has 2 aromatic heterocycles. The van der Waals surface area contributed by atoms with Crippen molar-refractivity contribution in [3.8, 4) is 0 Å². The van der Waals surface area contributed by atoms with E-state index in [-0.39, 0.29) is 16.4 Å². The number of primary amides is 1. The average Bonchev–Trinajstić information content (AvgIpc) is 3.44. The van der Waals surface area contributed by atoms with E-state index in [2.05, 4.69) is 15.9 Å². The summed E-state index contributed by atoms with van der Waals surface area (Å²) in [6.07, 6.45) is 1.51. The maximum Gasteiger partial charge on any atom is 0.348 e. The molecule has 0 radical (unpaired) electrons. The largest absolute Gasteiger partial charge is 0.462 e. The number of halogens is 1. The summed E-state index contributed by atoms with van der Waals surface area (Å²) in [6, 6.07) is 16.2. The Morgan fingerprint density at radius 3 is 2.41 bits per heavy atom. The minimum Gasteiger partial charge on any atom is -0.462 e. The summed E-state index contributed by atoms with van der Waals surface area (Å²) < 4.78 is 32.3. The third-order valence-electron chi connectivity index (χ3n) is 4.31. The first-order chi connectivity index (χ1) is 15.2. The normalized spacial score (nSPS) is 10.9. The van der Waals surface area contributed by atoms with Gasteiger partial charge in [0.1, 0.15) is 4.88 Å². The van der Waals surface area contributed by atoms with Gasteiger partial charge < -0.3 is 10.5 Å². The molecular weight excluding hydrogens is 516 g/mol. The zero-order chi connectivity index (χ0) is 23.3. The predicted molar refractivity (Wildman–Crippen MR) is 127 cm³/mol. The Hall–Kier alpha value is -2.95. The van der Waals surface area contributed by atoms with E-state index in [1.54, 1.807) is 31.2 Å². The van der Waals surface area contributed by atoms with Gasteiger partial charge in [0.2, 0.25) is 5.91 Å². The summed E-state index contributed by atoms with van der Waals surface area (Å²) in [5.74, 6) is -0.822. The quantitative estimate of drug-likeness (QED) is 0.374. The molecule has 10 heteroatoms. The Labute approximate surface area is 197 Å². The maximum atomic E-state index is 12.7. The Bertz CT molecular complexity index is 1350. The van der Waals surface area contributed by atoms with Gasteiger partial charge in [-0.2, -0.15) is 0 Å². The van der Waals surface area contributed by atoms with E-state index >= 15 is 0 Å². The first-order valence-corrected chi connectivity index (χ1v) is 12.5. The fraction of sp³-hybridized carbons (Fsp3) is 0.0909. The number of fused-ring (bicyclic) bond motifs is 1. The number of aromatic nitrogens is 1. The number of carbonyl (C=O) groups excluding carboxylic acids is 2. The number of nitrogens with zero attached hydrogens (tertiary/aromatic N) is 1. The van der Waals surface area contributed by atoms with Crippen LogP contribution in [0.5, 0.6) is 0 Å². The maximum absolute atomic E-state index is 12.7. The summed E-state index contributed by atoms with van der Waals surface area (Å²) in [7, 11) is -3.73. The molecule has 0 atom stereocenters. The second-order valence-electron chi connectivity index (χ2n) is 6.41. The van der Waals surface area contributed by atoms with Gasteiger partial charge in [0.25, 0.3) is 10.0 Å². The van der Waals surface area contributed by atoms with Crippen LogP contribution in [-0.4, -0.2) is 30.9 Å². The number of hydrogen-bond donors (Lipinski definition) is 1. The van der Waals surface area contributed by atoms with Crippen molar-refractivity contribution in [1.82, 2.24) is 3.97 Å². The Kier molecular flexibility index (Phi) is 7.49. The fourth-order valence-corrected chi connectivity index (χ4v) is 5.15. The Morgan fingerprint density at radius 1 is 1.09 bits per heavy atom. The minimum absolute atomic E-state index is 0.0953. The topological polar surface area (TPSA) is 108 Å². The molecule has 4 aromatic rings. The van der Waals surface area contributed by atoms with E-state index in [9.17, 15) is 18.0 Å². The molecule has 32 heavy (non-hydrogen) atoms. The summed E-state index contributed by atoms with van der Waals surface area (Å²) in [5, 5.41) is 2.67. The second kappa shape index (κ2) is 10.1. The summed E-state index contributed by atoms with van der Waals surface area (Å²) in [6.45, 7) is 2.24. The molecule has 0 saturated heterocycles. The molecule has 0 saturated carbocycles. The van der Waals surface area contributed by atoms with Crippen LogP contribution in [0.3, 0.4) is 0 Å². The van der Waals surface area contributed by atoms with Gasteiger partial charge in [0.05, 0.1) is 17.0 Å². The van der Waals surface area contributed by atoms with Gasteiger partial charge in [-0.25, -0.2) is 17.2 Å². The van der Waals surface area contributed by atoms with Crippen LogP contribution in [0.4, 0.5) is 0 Å². The monoisotopic (exact) mass is 534 g/mol. The zero-order valence-electron chi connectivity index (χ0n) is 16.9. The number of ether oxygens (including phenoxy) is 1. The van der Waals surface area contributed by atoms with Crippen LogP contribution in [0.2, 0.25) is 0 Å². The first-order valence-electron chi connectivity index (χ1n) is 9.36. The van der Waals surface area contributed by atoms with Crippen LogP contribution in [0, 0.1) is 0 Å². The number of esters is 1. The van der Waals surface area contributed by atoms with Gasteiger partial charge in [0, 0.05) is 21.6 Å². The van der Waals surface area contributed by atoms with Crippen molar-refractivity contribution in [1.29, 1.82) is 0 Å². The lowest BCUT2D eigenvalue weighted by atomic mass is 10.2. The van der Waals surface area contributed by atoms with Crippen LogP contribution in [-0.2, 0) is 14.8 Å². The smallest absolute Gasteiger partial charge is 0.348 e. The van der Waals surface area contributed by atoms with Crippen LogP contribution < -0.4 is 5.73 Å². The van der Waals surface area contributed by atoms with Crippen molar-refractivity contribution in [3.63, 3.8) is 0 Å². The van der Waals surface area contributed by atoms with Gasteiger partial charge in [-0.05, 0) is 66.9 Å². The number of rotatable bonds is 5. The van der Waals surface area contributed by atoms with Crippen LogP contribution >= 0.6 is 27.3 Å². The molecule has 0 fully saturated rings. The highest BCUT2D eigenvalue weighted by molar-refractivity contribution is 9.10. The second-order valence-corrected chi connectivity index (χ2v) is 10.1. The molecule has 0 bridgehead atoms. The lowest BCUT2D eigenvalue weighted by Crippen LogP contribution is -2.14. The average molecular weight is 535 g/mol. The molecular formula is C22H19BrN2O5S2. The predicted octanol–water partition coefficient (Wildman–Crippen LogP) is 4.66. The molecule has 166 valence electrons. The van der Waals surface area contributed by atoms with Crippen molar-refractivity contribution >= 4 is 60.1 Å². The SMILES string of the molecule is CCOC(=O)c1cccs1.NC(=O)c1ccc(S(=O)(=O)n2ccc3cc(Br)ccc32)cc1. The highest BCUT2D eigenvalue weighted by Crippen LogP contribution is 2.25. The number of amides is 1. The van der Waals surface area contributed by atoms with E-state index in [1.165, 1.54) is 45.8 Å². The molecule has 2 N–H and O–H groups in total. The van der Waals surface area contributed by atoms with Gasteiger partial charge in [-0.3, -0.25) is 4.79 Å². The van der Waals surface area contributed by atoms with E-state index in [0.717, 1.165) is 9.86 Å². The number of nitrogens with two attached hydrogens (primary N) is 1. The first kappa shape index (κ1) is 23.7. The molecule has 0 aliphatic heterocycles. The molecule has 0 aliphatic carbocycles. The van der Waals surface area contributed by atoms with E-state index in [0.29, 0.717) is 17.0 Å². The van der Waals surface area contributed by atoms with Crippen LogP contribution in [0.1, 0.15) is 27.0 Å². The van der Waals surface area contributed by atoms with Crippen molar-refractivity contribution < 1.29 is 22.7 Å². The lowest BCUT2D eigenvalue weighted by molar-refractivity contribution is 0.0532. The van der Waals surface area contributed by atoms with Crippen molar-refractivity contribution in [3.05, 3.63) is 87.2 Å². The summed E-state index contributed by atoms with van der Waals surface area (Å²) in [4.78, 5) is 22.7. The summed E-state index contributed by atoms with van der Waals surface area (Å²) >= 11 is 4.75. The Balaban J connectivity index is 0.000000243. The van der Waals surface area contributed by atoms with E-state index < -0.39 is 15.9 Å². The molecule has 0 unspecified atom stereocenters. The number of hydrogen-bond acceptors (Lipinski definition) is 6. The third-order valence-corrected chi connectivity index (χ3v) is 7.36. The highest BCUT2D eigenvalue weighted by Gasteiger charge is 2.19. The number of carbonyl (C=O) groups is 2. The van der Waals surface area contributed by atoms with E-state index in [4.69, 9.17) is 10.5 Å². The van der Waals surface area contributed by atoms with Crippen LogP contribution in [0.25, 0.3) is 10.9 Å². The molecule has 4 rings (SSSR count). The Morgan fingerprint density at radius 2 is 1.81 bits per heavy atom. The molecule has 7 nitrogen and oxygen atoms in total. The molecule has 2 heterocycles. The fourth-order valence-electron chi connectivity index (χ4n) is 2.80. The van der Waals surface area contributed by atoms with Gasteiger partial charge >= 0.3 is 5.97 Å². The van der Waals surface area contributed by atoms with Crippen LogP contribution in [0.15, 0.2) is 81.6 Å². The van der Waals surface area contributed by atoms with Crippen molar-refractivity contribution in [2.24, 2.45) is 5.73 Å². The van der Waals surface area contributed by atoms with Gasteiger partial charge in [0.15, 0.2) is 0 Å². The van der Waals surface area contributed by atoms with E-state index in [1.807, 2.05) is 17.5 Å². The summed E-state index contributed by atoms with van der Waals surface area (Å²) in [5.41, 5.74) is 6.01. The number of benzene rings is 2. The molecule has 2 aromatic carbocycles. The van der Waals surface area contributed by atoms with Gasteiger partial charge in [-0.1, -0.05) is 22.0 Å². The zero-order valence-corrected chi connectivity index (χ0v) is 20.1. The number of thiophene rings is 1.